The van der Waals surface area contributed by atoms with E-state index in [9.17, 15) is 30.7 Å². The highest BCUT2D eigenvalue weighted by molar-refractivity contribution is 5.88. The Labute approximate surface area is 213 Å². The van der Waals surface area contributed by atoms with Crippen LogP contribution in [0, 0.1) is 29.1 Å². The Balaban J connectivity index is 1.55. The van der Waals surface area contributed by atoms with Crippen LogP contribution in [0.25, 0.3) is 21.9 Å². The first kappa shape index (κ1) is 27.4. The molecule has 4 aromatic rings. The SMILES string of the molecule is CCCc1cc(F)c(-c2ccc3c(F)c(CCc4cc(F)c(OCC(F)(F)F)c(F)c4)ccc3c2)c(F)c1. The van der Waals surface area contributed by atoms with Crippen molar-refractivity contribution in [2.45, 2.75) is 38.8 Å². The van der Waals surface area contributed by atoms with Crippen LogP contribution in [0.1, 0.15) is 30.0 Å². The van der Waals surface area contributed by atoms with Crippen LogP contribution in [0.3, 0.4) is 0 Å². The van der Waals surface area contributed by atoms with Crippen LogP contribution in [0.4, 0.5) is 35.1 Å². The van der Waals surface area contributed by atoms with Gasteiger partial charge in [-0.3, -0.25) is 0 Å². The Hall–Kier alpha value is -3.62. The van der Waals surface area contributed by atoms with E-state index in [0.29, 0.717) is 17.4 Å². The summed E-state index contributed by atoms with van der Waals surface area (Å²) in [6.07, 6.45) is -3.45. The maximum absolute atomic E-state index is 15.2. The van der Waals surface area contributed by atoms with Crippen molar-refractivity contribution in [3.8, 4) is 16.9 Å². The molecule has 0 heterocycles. The Bertz CT molecular complexity index is 1430. The molecule has 0 aromatic heterocycles. The minimum Gasteiger partial charge on any atom is -0.478 e. The van der Waals surface area contributed by atoms with Crippen LogP contribution in [-0.4, -0.2) is 12.8 Å². The van der Waals surface area contributed by atoms with Crippen molar-refractivity contribution < 1.29 is 39.9 Å². The lowest BCUT2D eigenvalue weighted by Crippen LogP contribution is -2.20. The van der Waals surface area contributed by atoms with Gasteiger partial charge in [0.1, 0.15) is 17.5 Å². The van der Waals surface area contributed by atoms with E-state index >= 15 is 4.39 Å². The molecule has 0 aliphatic carbocycles. The Morgan fingerprint density at radius 2 is 1.29 bits per heavy atom. The number of ether oxygens (including phenoxy) is 1. The number of aryl methyl sites for hydroxylation is 3. The van der Waals surface area contributed by atoms with E-state index in [0.717, 1.165) is 18.6 Å². The monoisotopic (exact) mass is 538 g/mol. The maximum Gasteiger partial charge on any atom is 0.422 e. The molecule has 4 aromatic carbocycles. The maximum atomic E-state index is 15.2. The summed E-state index contributed by atoms with van der Waals surface area (Å²) >= 11 is 0. The van der Waals surface area contributed by atoms with Gasteiger partial charge in [0.25, 0.3) is 0 Å². The van der Waals surface area contributed by atoms with Crippen molar-refractivity contribution in [1.82, 2.24) is 0 Å². The highest BCUT2D eigenvalue weighted by Crippen LogP contribution is 2.32. The first-order valence-electron chi connectivity index (χ1n) is 11.8. The van der Waals surface area contributed by atoms with Gasteiger partial charge in [-0.15, -0.1) is 0 Å². The zero-order valence-corrected chi connectivity index (χ0v) is 20.2. The van der Waals surface area contributed by atoms with Crippen molar-refractivity contribution in [3.05, 3.63) is 100 Å². The van der Waals surface area contributed by atoms with Gasteiger partial charge in [0.2, 0.25) is 0 Å². The van der Waals surface area contributed by atoms with E-state index in [1.165, 1.54) is 36.4 Å². The second kappa shape index (κ2) is 11.0. The van der Waals surface area contributed by atoms with Gasteiger partial charge in [-0.1, -0.05) is 37.6 Å². The predicted molar refractivity (Wildman–Crippen MR) is 129 cm³/mol. The lowest BCUT2D eigenvalue weighted by atomic mass is 9.96. The molecule has 0 radical (unpaired) electrons. The number of benzene rings is 4. The molecule has 0 saturated carbocycles. The third kappa shape index (κ3) is 6.09. The molecule has 0 unspecified atom stereocenters. The molecule has 200 valence electrons. The quantitative estimate of drug-likeness (QED) is 0.204. The number of hydrogen-bond donors (Lipinski definition) is 0. The normalized spacial score (nSPS) is 11.8. The molecule has 0 aliphatic heterocycles. The number of fused-ring (bicyclic) bond motifs is 1. The highest BCUT2D eigenvalue weighted by Gasteiger charge is 2.30. The van der Waals surface area contributed by atoms with Crippen LogP contribution in [0.5, 0.6) is 5.75 Å². The number of rotatable bonds is 8. The van der Waals surface area contributed by atoms with Crippen molar-refractivity contribution in [2.75, 3.05) is 6.61 Å². The summed E-state index contributed by atoms with van der Waals surface area (Å²) in [4.78, 5) is 0. The summed E-state index contributed by atoms with van der Waals surface area (Å²) in [6.45, 7) is 0.0630. The van der Waals surface area contributed by atoms with Crippen molar-refractivity contribution in [3.63, 3.8) is 0 Å². The fraction of sp³-hybridized carbons (Fsp3) is 0.241. The summed E-state index contributed by atoms with van der Waals surface area (Å²) in [5.41, 5.74) is 0.923. The third-order valence-electron chi connectivity index (χ3n) is 6.08. The molecule has 0 saturated heterocycles. The average molecular weight is 538 g/mol. The zero-order valence-electron chi connectivity index (χ0n) is 20.2. The molecule has 0 aliphatic rings. The van der Waals surface area contributed by atoms with Gasteiger partial charge in [0.05, 0.1) is 5.56 Å². The Morgan fingerprint density at radius 3 is 1.89 bits per heavy atom. The number of halogens is 8. The van der Waals surface area contributed by atoms with Gasteiger partial charge in [0.15, 0.2) is 24.0 Å². The molecule has 0 atom stereocenters. The van der Waals surface area contributed by atoms with Gasteiger partial charge in [-0.25, -0.2) is 22.0 Å². The van der Waals surface area contributed by atoms with E-state index in [4.69, 9.17) is 0 Å². The summed E-state index contributed by atoms with van der Waals surface area (Å²) < 4.78 is 114. The van der Waals surface area contributed by atoms with Crippen molar-refractivity contribution in [2.24, 2.45) is 0 Å². The van der Waals surface area contributed by atoms with E-state index in [1.54, 1.807) is 6.07 Å². The van der Waals surface area contributed by atoms with Crippen LogP contribution in [0.15, 0.2) is 54.6 Å². The lowest BCUT2D eigenvalue weighted by Gasteiger charge is -2.13. The minimum absolute atomic E-state index is 0.00552. The average Bonchev–Trinajstić information content (AvgIpc) is 2.82. The molecule has 38 heavy (non-hydrogen) atoms. The predicted octanol–water partition coefficient (Wildman–Crippen LogP) is 8.88. The molecular formula is C29H22F8O. The number of alkyl halides is 3. The third-order valence-corrected chi connectivity index (χ3v) is 6.08. The lowest BCUT2D eigenvalue weighted by molar-refractivity contribution is -0.154. The smallest absolute Gasteiger partial charge is 0.422 e. The van der Waals surface area contributed by atoms with Crippen LogP contribution < -0.4 is 4.74 Å². The standard InChI is InChI=1S/C29H22F8O/c1-2-3-16-10-22(30)26(23(31)11-16)20-8-9-21-19(14-20)7-6-18(27(21)34)5-4-17-12-24(32)28(25(33)13-17)38-15-29(35,36)37/h6-14H,2-5,15H2,1H3. The molecule has 0 amide bonds. The molecular weight excluding hydrogens is 516 g/mol. The molecule has 0 N–H and O–H groups in total. The van der Waals surface area contributed by atoms with Gasteiger partial charge >= 0.3 is 6.18 Å². The van der Waals surface area contributed by atoms with Gasteiger partial charge in [0, 0.05) is 5.39 Å². The fourth-order valence-electron chi connectivity index (χ4n) is 4.35. The molecule has 1 nitrogen and oxygen atoms in total. The second-order valence-corrected chi connectivity index (χ2v) is 8.95. The summed E-state index contributed by atoms with van der Waals surface area (Å²) in [5.74, 6) is -5.74. The van der Waals surface area contributed by atoms with Gasteiger partial charge in [-0.2, -0.15) is 13.2 Å². The molecule has 0 fully saturated rings. The molecule has 0 spiro atoms. The fourth-order valence-corrected chi connectivity index (χ4v) is 4.35. The Morgan fingerprint density at radius 1 is 0.684 bits per heavy atom. The highest BCUT2D eigenvalue weighted by atomic mass is 19.4. The number of hydrogen-bond acceptors (Lipinski definition) is 1. The molecule has 0 bridgehead atoms. The zero-order chi connectivity index (χ0) is 27.6. The Kier molecular flexibility index (Phi) is 7.94. The van der Waals surface area contributed by atoms with Crippen LogP contribution in [0.2, 0.25) is 0 Å². The topological polar surface area (TPSA) is 9.23 Å². The van der Waals surface area contributed by atoms with E-state index in [-0.39, 0.29) is 40.5 Å². The summed E-state index contributed by atoms with van der Waals surface area (Å²) in [6, 6.07) is 11.6. The minimum atomic E-state index is -4.76. The van der Waals surface area contributed by atoms with Crippen LogP contribution in [-0.2, 0) is 19.3 Å². The summed E-state index contributed by atoms with van der Waals surface area (Å²) in [7, 11) is 0. The largest absolute Gasteiger partial charge is 0.478 e. The van der Waals surface area contributed by atoms with Crippen molar-refractivity contribution in [1.29, 1.82) is 0 Å². The van der Waals surface area contributed by atoms with Gasteiger partial charge in [-0.05, 0) is 77.2 Å². The second-order valence-electron chi connectivity index (χ2n) is 8.95. The van der Waals surface area contributed by atoms with Crippen molar-refractivity contribution >= 4 is 10.8 Å². The van der Waals surface area contributed by atoms with Gasteiger partial charge < -0.3 is 4.74 Å². The van der Waals surface area contributed by atoms with E-state index < -0.39 is 47.6 Å². The van der Waals surface area contributed by atoms with Crippen LogP contribution >= 0.6 is 0 Å². The first-order chi connectivity index (χ1) is 18.0. The first-order valence-corrected chi connectivity index (χ1v) is 11.8. The van der Waals surface area contributed by atoms with E-state index in [1.807, 2.05) is 6.92 Å². The van der Waals surface area contributed by atoms with E-state index in [2.05, 4.69) is 4.74 Å². The summed E-state index contributed by atoms with van der Waals surface area (Å²) in [5, 5.41) is 0.603. The molecule has 9 heteroatoms. The molecule has 4 rings (SSSR count).